The number of hydrogen-bond donors (Lipinski definition) is 4. The summed E-state index contributed by atoms with van der Waals surface area (Å²) in [6.07, 6.45) is 33.5. The van der Waals surface area contributed by atoms with E-state index in [4.69, 9.17) is 4.55 Å². The van der Waals surface area contributed by atoms with Gasteiger partial charge in [0.05, 0.1) is 24.4 Å². The third-order valence-corrected chi connectivity index (χ3v) is 7.71. The first-order valence-corrected chi connectivity index (χ1v) is 16.9. The quantitative estimate of drug-likeness (QED) is 0.0324. The number of rotatable bonds is 22. The maximum Gasteiger partial charge on any atom is 0.397 e. The van der Waals surface area contributed by atoms with Crippen molar-refractivity contribution in [3.05, 3.63) is 121 Å². The fraction of sp³-hybridized carbons (Fsp3) is 0.432. The molecule has 256 valence electrons. The van der Waals surface area contributed by atoms with E-state index in [0.717, 1.165) is 18.4 Å². The van der Waals surface area contributed by atoms with Crippen molar-refractivity contribution in [2.45, 2.75) is 85.2 Å². The second-order valence-corrected chi connectivity index (χ2v) is 12.2. The molecule has 7 unspecified atom stereocenters. The van der Waals surface area contributed by atoms with Gasteiger partial charge in [0.15, 0.2) is 5.78 Å². The zero-order valence-corrected chi connectivity index (χ0v) is 28.8. The Kier molecular flexibility index (Phi) is 23.2. The molecule has 0 aromatic rings. The molecule has 0 rings (SSSR count). The third-order valence-electron chi connectivity index (χ3n) is 7.22. The van der Waals surface area contributed by atoms with E-state index in [1.165, 1.54) is 6.92 Å². The molecule has 0 bridgehead atoms. The Labute approximate surface area is 276 Å². The molecule has 7 atom stereocenters. The van der Waals surface area contributed by atoms with Gasteiger partial charge in [-0.1, -0.05) is 136 Å². The van der Waals surface area contributed by atoms with Gasteiger partial charge in [0, 0.05) is 17.8 Å². The first kappa shape index (κ1) is 42.8. The SMILES string of the molecule is CC(=O)/C(C)=C/C=C/C=C/CC/C=C/C(C)C(O)C(C)C(O)/C=C/C=C/C=C/C=C/C=C/C=C/CC(OS(=O)(=O)O)C(C)C(C)O. The molecule has 0 aromatic carbocycles. The highest BCUT2D eigenvalue weighted by molar-refractivity contribution is 7.80. The molecule has 9 heteroatoms. The molecule has 0 aromatic heterocycles. The highest BCUT2D eigenvalue weighted by atomic mass is 32.3. The molecule has 8 nitrogen and oxygen atoms in total. The van der Waals surface area contributed by atoms with E-state index in [1.807, 2.05) is 80.7 Å². The van der Waals surface area contributed by atoms with Crippen LogP contribution in [0.1, 0.15) is 60.8 Å². The van der Waals surface area contributed by atoms with Crippen molar-refractivity contribution in [3.63, 3.8) is 0 Å². The van der Waals surface area contributed by atoms with Crippen molar-refractivity contribution in [1.29, 1.82) is 0 Å². The van der Waals surface area contributed by atoms with Crippen molar-refractivity contribution in [1.82, 2.24) is 0 Å². The molecule has 0 fully saturated rings. The Hall–Kier alpha value is -3.18. The Morgan fingerprint density at radius 1 is 0.674 bits per heavy atom. The topological polar surface area (TPSA) is 141 Å². The Morgan fingerprint density at radius 2 is 1.17 bits per heavy atom. The van der Waals surface area contributed by atoms with E-state index in [9.17, 15) is 28.5 Å². The zero-order valence-electron chi connectivity index (χ0n) is 28.0. The standard InChI is InChI=1S/C37H54O8S/c1-29(33(5)38)25-21-17-13-12-14-18-22-26-30(2)37(41)32(4)35(40)27-23-19-15-10-8-7-9-11-16-20-24-28-36(31(3)34(6)39)45-46(42,43)44/h7-13,15-17,19-27,30-32,34-37,39-41H,14,18,28H2,1-6H3,(H,42,43,44)/b9-7+,10-8+,13-12+,16-11+,19-15+,21-17+,24-20+,26-22+,27-23+,29-25+. The summed E-state index contributed by atoms with van der Waals surface area (Å²) in [5.41, 5.74) is 0.717. The van der Waals surface area contributed by atoms with Crippen LogP contribution in [0.25, 0.3) is 0 Å². The number of allylic oxidation sites excluding steroid dienone is 17. The first-order valence-electron chi connectivity index (χ1n) is 15.5. The predicted molar refractivity (Wildman–Crippen MR) is 188 cm³/mol. The summed E-state index contributed by atoms with van der Waals surface area (Å²) in [7, 11) is -4.62. The second-order valence-electron chi connectivity index (χ2n) is 11.2. The fourth-order valence-corrected chi connectivity index (χ4v) is 4.39. The zero-order chi connectivity index (χ0) is 35.0. The number of Topliss-reactive ketones (excluding diaryl/α,β-unsaturated/α-hetero) is 1. The van der Waals surface area contributed by atoms with Crippen LogP contribution in [0.3, 0.4) is 0 Å². The average molecular weight is 659 g/mol. The minimum absolute atomic E-state index is 0.0604. The minimum atomic E-state index is -4.62. The molecule has 0 spiro atoms. The minimum Gasteiger partial charge on any atom is -0.393 e. The third kappa shape index (κ3) is 22.3. The molecule has 0 saturated heterocycles. The number of aliphatic hydroxyl groups is 3. The van der Waals surface area contributed by atoms with Gasteiger partial charge in [-0.3, -0.25) is 9.35 Å². The lowest BCUT2D eigenvalue weighted by atomic mass is 9.88. The van der Waals surface area contributed by atoms with Gasteiger partial charge < -0.3 is 15.3 Å². The highest BCUT2D eigenvalue weighted by Crippen LogP contribution is 2.20. The van der Waals surface area contributed by atoms with E-state index in [-0.39, 0.29) is 24.0 Å². The van der Waals surface area contributed by atoms with Crippen LogP contribution < -0.4 is 0 Å². The van der Waals surface area contributed by atoms with Gasteiger partial charge in [0.1, 0.15) is 0 Å². The lowest BCUT2D eigenvalue weighted by Crippen LogP contribution is -2.32. The van der Waals surface area contributed by atoms with Crippen molar-refractivity contribution >= 4 is 16.2 Å². The molecule has 0 aliphatic rings. The van der Waals surface area contributed by atoms with Crippen LogP contribution in [0.5, 0.6) is 0 Å². The number of hydrogen-bond acceptors (Lipinski definition) is 7. The van der Waals surface area contributed by atoms with Crippen LogP contribution >= 0.6 is 0 Å². The summed E-state index contributed by atoms with van der Waals surface area (Å²) >= 11 is 0. The largest absolute Gasteiger partial charge is 0.397 e. The van der Waals surface area contributed by atoms with Gasteiger partial charge in [-0.15, -0.1) is 0 Å². The highest BCUT2D eigenvalue weighted by Gasteiger charge is 2.26. The van der Waals surface area contributed by atoms with Crippen LogP contribution in [0.15, 0.2) is 121 Å². The van der Waals surface area contributed by atoms with Gasteiger partial charge >= 0.3 is 10.4 Å². The van der Waals surface area contributed by atoms with Gasteiger partial charge in [0.25, 0.3) is 0 Å². The van der Waals surface area contributed by atoms with E-state index in [0.29, 0.717) is 0 Å². The molecular formula is C37H54O8S. The molecular weight excluding hydrogens is 604 g/mol. The maximum atomic E-state index is 11.2. The van der Waals surface area contributed by atoms with Gasteiger partial charge in [0.2, 0.25) is 0 Å². The van der Waals surface area contributed by atoms with E-state index in [2.05, 4.69) is 4.18 Å². The summed E-state index contributed by atoms with van der Waals surface area (Å²) in [5, 5.41) is 30.8. The van der Waals surface area contributed by atoms with Crippen molar-refractivity contribution in [2.75, 3.05) is 0 Å². The molecule has 0 aliphatic heterocycles. The number of ketones is 1. The maximum absolute atomic E-state index is 11.2. The number of unbranched alkanes of at least 4 members (excludes halogenated alkanes) is 1. The molecule has 0 saturated carbocycles. The molecule has 46 heavy (non-hydrogen) atoms. The van der Waals surface area contributed by atoms with E-state index >= 15 is 0 Å². The monoisotopic (exact) mass is 658 g/mol. The first-order chi connectivity index (χ1) is 21.7. The van der Waals surface area contributed by atoms with Crippen LogP contribution in [0.2, 0.25) is 0 Å². The molecule has 0 heterocycles. The smallest absolute Gasteiger partial charge is 0.393 e. The Bertz CT molecular complexity index is 1280. The van der Waals surface area contributed by atoms with Crippen LogP contribution in [0, 0.1) is 17.8 Å². The number of aliphatic hydroxyl groups excluding tert-OH is 3. The van der Waals surface area contributed by atoms with E-state index < -0.39 is 40.7 Å². The summed E-state index contributed by atoms with van der Waals surface area (Å²) in [6, 6.07) is 0. The Morgan fingerprint density at radius 3 is 1.72 bits per heavy atom. The van der Waals surface area contributed by atoms with Crippen LogP contribution in [-0.2, 0) is 19.4 Å². The molecule has 4 N–H and O–H groups in total. The number of carbonyl (C=O) groups is 1. The van der Waals surface area contributed by atoms with Crippen LogP contribution in [-0.4, -0.2) is 58.5 Å². The Balaban J connectivity index is 4.53. The molecule has 0 amide bonds. The summed E-state index contributed by atoms with van der Waals surface area (Å²) in [5.74, 6) is -0.885. The van der Waals surface area contributed by atoms with Gasteiger partial charge in [-0.2, -0.15) is 8.42 Å². The average Bonchev–Trinajstić information content (AvgIpc) is 2.99. The number of carbonyl (C=O) groups excluding carboxylic acids is 1. The summed E-state index contributed by atoms with van der Waals surface area (Å²) in [6.45, 7) is 10.2. The van der Waals surface area contributed by atoms with Crippen molar-refractivity contribution in [2.24, 2.45) is 17.8 Å². The van der Waals surface area contributed by atoms with Gasteiger partial charge in [-0.25, -0.2) is 4.18 Å². The van der Waals surface area contributed by atoms with Gasteiger partial charge in [-0.05, 0) is 45.6 Å². The summed E-state index contributed by atoms with van der Waals surface area (Å²) in [4.78, 5) is 11.2. The second kappa shape index (κ2) is 25.0. The molecule has 0 radical (unpaired) electrons. The molecule has 0 aliphatic carbocycles. The van der Waals surface area contributed by atoms with Crippen molar-refractivity contribution in [3.8, 4) is 0 Å². The lowest BCUT2D eigenvalue weighted by Gasteiger charge is -2.25. The summed E-state index contributed by atoms with van der Waals surface area (Å²) < 4.78 is 35.7. The normalized spacial score (nSPS) is 18.9. The fourth-order valence-electron chi connectivity index (χ4n) is 3.82. The van der Waals surface area contributed by atoms with Crippen molar-refractivity contribution < 1.29 is 37.3 Å². The predicted octanol–water partition coefficient (Wildman–Crippen LogP) is 6.90. The lowest BCUT2D eigenvalue weighted by molar-refractivity contribution is -0.113. The van der Waals surface area contributed by atoms with E-state index in [1.54, 1.807) is 69.4 Å². The van der Waals surface area contributed by atoms with Crippen LogP contribution in [0.4, 0.5) is 0 Å².